The van der Waals surface area contributed by atoms with Crippen molar-refractivity contribution in [3.05, 3.63) is 29.6 Å². The quantitative estimate of drug-likeness (QED) is 0.562. The van der Waals surface area contributed by atoms with Crippen LogP contribution in [-0.4, -0.2) is 38.6 Å². The third-order valence-corrected chi connectivity index (χ3v) is 6.67. The number of nitrogens with one attached hydrogen (secondary N) is 1. The molecule has 2 aliphatic rings. The van der Waals surface area contributed by atoms with Crippen LogP contribution in [0.25, 0.3) is 11.2 Å². The van der Waals surface area contributed by atoms with Crippen LogP contribution in [0.4, 0.5) is 5.82 Å². The molecular formula is C21H24N6O2S. The van der Waals surface area contributed by atoms with E-state index in [1.54, 1.807) is 11.8 Å². The van der Waals surface area contributed by atoms with Gasteiger partial charge in [-0.1, -0.05) is 17.8 Å². The molecule has 2 aromatic heterocycles. The number of benzene rings is 1. The molecule has 1 fully saturated rings. The van der Waals surface area contributed by atoms with Gasteiger partial charge in [-0.3, -0.25) is 4.79 Å². The molecule has 3 aromatic rings. The lowest BCUT2D eigenvalue weighted by atomic mass is 10.1. The molecular weight excluding hydrogens is 400 g/mol. The molecule has 3 N–H and O–H groups in total. The molecule has 1 aliphatic carbocycles. The van der Waals surface area contributed by atoms with Gasteiger partial charge in [-0.05, 0) is 43.4 Å². The second-order valence-electron chi connectivity index (χ2n) is 7.82. The largest absolute Gasteiger partial charge is 0.493 e. The molecule has 0 unspecified atom stereocenters. The lowest BCUT2D eigenvalue weighted by Gasteiger charge is -2.11. The number of imidazole rings is 1. The van der Waals surface area contributed by atoms with Gasteiger partial charge in [0.05, 0.1) is 6.61 Å². The van der Waals surface area contributed by atoms with Crippen molar-refractivity contribution in [2.24, 2.45) is 5.92 Å². The summed E-state index contributed by atoms with van der Waals surface area (Å²) in [4.78, 5) is 26.2. The van der Waals surface area contributed by atoms with E-state index >= 15 is 0 Å². The number of fused-ring (bicyclic) bond motifs is 2. The molecule has 1 aliphatic heterocycles. The maximum absolute atomic E-state index is 11.9. The van der Waals surface area contributed by atoms with E-state index in [4.69, 9.17) is 15.5 Å². The van der Waals surface area contributed by atoms with E-state index in [1.165, 1.54) is 17.5 Å². The average Bonchev–Trinajstić information content (AvgIpc) is 3.39. The van der Waals surface area contributed by atoms with Crippen molar-refractivity contribution in [2.45, 2.75) is 49.2 Å². The highest BCUT2D eigenvalue weighted by molar-refractivity contribution is 7.99. The Morgan fingerprint density at radius 1 is 1.37 bits per heavy atom. The minimum atomic E-state index is 0.167. The van der Waals surface area contributed by atoms with Gasteiger partial charge >= 0.3 is 0 Å². The Kier molecular flexibility index (Phi) is 4.98. The number of hydrogen-bond donors (Lipinski definition) is 2. The zero-order valence-electron chi connectivity index (χ0n) is 16.9. The van der Waals surface area contributed by atoms with Crippen LogP contribution in [0, 0.1) is 12.8 Å². The van der Waals surface area contributed by atoms with Gasteiger partial charge < -0.3 is 20.4 Å². The SMILES string of the molecule is Cc1cc2c(cc1Sc1nc3c(N)ncnc3n1CCCNC(=O)C1CC1)OCC2. The molecule has 3 heterocycles. The highest BCUT2D eigenvalue weighted by Crippen LogP contribution is 2.38. The molecule has 0 radical (unpaired) electrons. The molecule has 0 saturated heterocycles. The topological polar surface area (TPSA) is 108 Å². The van der Waals surface area contributed by atoms with Crippen LogP contribution in [0.2, 0.25) is 0 Å². The number of nitrogens with two attached hydrogens (primary N) is 1. The molecule has 1 aromatic carbocycles. The van der Waals surface area contributed by atoms with Gasteiger partial charge in [0, 0.05) is 30.3 Å². The van der Waals surface area contributed by atoms with Gasteiger partial charge in [-0.15, -0.1) is 0 Å². The van der Waals surface area contributed by atoms with Crippen molar-refractivity contribution in [2.75, 3.05) is 18.9 Å². The van der Waals surface area contributed by atoms with Crippen LogP contribution < -0.4 is 15.8 Å². The third-order valence-electron chi connectivity index (χ3n) is 5.52. The summed E-state index contributed by atoms with van der Waals surface area (Å²) in [7, 11) is 0. The van der Waals surface area contributed by atoms with E-state index in [-0.39, 0.29) is 11.8 Å². The van der Waals surface area contributed by atoms with Crippen LogP contribution in [0.3, 0.4) is 0 Å². The van der Waals surface area contributed by atoms with Crippen LogP contribution >= 0.6 is 11.8 Å². The molecule has 5 rings (SSSR count). The predicted octanol–water partition coefficient (Wildman–Crippen LogP) is 2.72. The first-order chi connectivity index (χ1) is 14.6. The minimum absolute atomic E-state index is 0.167. The van der Waals surface area contributed by atoms with E-state index in [9.17, 15) is 4.79 Å². The number of rotatable bonds is 7. The third kappa shape index (κ3) is 3.69. The van der Waals surface area contributed by atoms with Crippen LogP contribution in [0.1, 0.15) is 30.4 Å². The minimum Gasteiger partial charge on any atom is -0.493 e. The number of anilines is 1. The number of nitrogens with zero attached hydrogens (tertiary/aromatic N) is 4. The predicted molar refractivity (Wildman–Crippen MR) is 115 cm³/mol. The van der Waals surface area contributed by atoms with Crippen LogP contribution in [0.5, 0.6) is 5.75 Å². The Bertz CT molecular complexity index is 1120. The zero-order chi connectivity index (χ0) is 20.7. The molecule has 8 nitrogen and oxygen atoms in total. The summed E-state index contributed by atoms with van der Waals surface area (Å²) >= 11 is 1.58. The number of aryl methyl sites for hydroxylation is 2. The number of nitrogen functional groups attached to an aromatic ring is 1. The molecule has 0 atom stereocenters. The van der Waals surface area contributed by atoms with Crippen LogP contribution in [-0.2, 0) is 17.8 Å². The molecule has 9 heteroatoms. The number of hydrogen-bond acceptors (Lipinski definition) is 7. The fraction of sp³-hybridized carbons (Fsp3) is 0.429. The highest BCUT2D eigenvalue weighted by Gasteiger charge is 2.29. The van der Waals surface area contributed by atoms with E-state index in [2.05, 4.69) is 38.9 Å². The maximum Gasteiger partial charge on any atom is 0.223 e. The number of ether oxygens (including phenoxy) is 1. The number of aromatic nitrogens is 4. The van der Waals surface area contributed by atoms with Crippen molar-refractivity contribution >= 4 is 34.7 Å². The number of carbonyl (C=O) groups is 1. The van der Waals surface area contributed by atoms with Gasteiger partial charge in [0.2, 0.25) is 5.91 Å². The Hall–Kier alpha value is -2.81. The first-order valence-electron chi connectivity index (χ1n) is 10.3. The van der Waals surface area contributed by atoms with Gasteiger partial charge in [0.25, 0.3) is 0 Å². The number of amides is 1. The lowest BCUT2D eigenvalue weighted by Crippen LogP contribution is -2.26. The normalized spacial score (nSPS) is 15.2. The summed E-state index contributed by atoms with van der Waals surface area (Å²) in [5.41, 5.74) is 9.83. The van der Waals surface area contributed by atoms with Crippen LogP contribution in [0.15, 0.2) is 28.5 Å². The van der Waals surface area contributed by atoms with Crippen molar-refractivity contribution in [1.29, 1.82) is 0 Å². The first-order valence-corrected chi connectivity index (χ1v) is 11.1. The summed E-state index contributed by atoms with van der Waals surface area (Å²) in [5, 5.41) is 3.83. The molecule has 1 saturated carbocycles. The van der Waals surface area contributed by atoms with Crippen molar-refractivity contribution in [3.63, 3.8) is 0 Å². The average molecular weight is 425 g/mol. The molecule has 156 valence electrons. The molecule has 30 heavy (non-hydrogen) atoms. The van der Waals surface area contributed by atoms with Crippen molar-refractivity contribution < 1.29 is 9.53 Å². The summed E-state index contributed by atoms with van der Waals surface area (Å²) in [5.74, 6) is 1.72. The Balaban J connectivity index is 1.40. The molecule has 0 spiro atoms. The summed E-state index contributed by atoms with van der Waals surface area (Å²) in [6.07, 6.45) is 5.23. The Morgan fingerprint density at radius 2 is 2.23 bits per heavy atom. The fourth-order valence-corrected chi connectivity index (χ4v) is 4.70. The van der Waals surface area contributed by atoms with Gasteiger partial charge in [0.1, 0.15) is 12.1 Å². The second-order valence-corrected chi connectivity index (χ2v) is 8.83. The van der Waals surface area contributed by atoms with Gasteiger partial charge in [-0.25, -0.2) is 15.0 Å². The highest BCUT2D eigenvalue weighted by atomic mass is 32.2. The molecule has 1 amide bonds. The molecule has 0 bridgehead atoms. The maximum atomic E-state index is 11.9. The van der Waals surface area contributed by atoms with E-state index in [0.717, 1.165) is 48.1 Å². The Morgan fingerprint density at radius 3 is 3.07 bits per heavy atom. The Labute approximate surface area is 178 Å². The first kappa shape index (κ1) is 19.2. The van der Waals surface area contributed by atoms with Gasteiger partial charge in [-0.2, -0.15) is 0 Å². The lowest BCUT2D eigenvalue weighted by molar-refractivity contribution is -0.122. The summed E-state index contributed by atoms with van der Waals surface area (Å²) < 4.78 is 7.81. The summed E-state index contributed by atoms with van der Waals surface area (Å²) in [6.45, 7) is 4.15. The van der Waals surface area contributed by atoms with Crippen molar-refractivity contribution in [1.82, 2.24) is 24.8 Å². The monoisotopic (exact) mass is 424 g/mol. The zero-order valence-corrected chi connectivity index (χ0v) is 17.7. The van der Waals surface area contributed by atoms with Gasteiger partial charge in [0.15, 0.2) is 22.1 Å². The summed E-state index contributed by atoms with van der Waals surface area (Å²) in [6, 6.07) is 4.29. The van der Waals surface area contributed by atoms with Crippen molar-refractivity contribution in [3.8, 4) is 5.75 Å². The smallest absolute Gasteiger partial charge is 0.223 e. The standard InChI is InChI=1S/C21H24N6O2S/c1-12-9-14-5-8-29-15(14)10-16(12)30-21-26-17-18(22)24-11-25-19(17)27(21)7-2-6-23-20(28)13-3-4-13/h9-11,13H,2-8H2,1H3,(H,23,28)(H2,22,24,25). The fourth-order valence-electron chi connectivity index (χ4n) is 3.69. The number of carbonyl (C=O) groups excluding carboxylic acids is 1. The second kappa shape index (κ2) is 7.79. The van der Waals surface area contributed by atoms with E-state index in [0.29, 0.717) is 30.1 Å². The van der Waals surface area contributed by atoms with E-state index < -0.39 is 0 Å². The van der Waals surface area contributed by atoms with E-state index in [1.807, 2.05) is 0 Å².